The van der Waals surface area contributed by atoms with Crippen LogP contribution in [0.1, 0.15) is 33.6 Å². The molecular weight excluding hydrogens is 206 g/mol. The summed E-state index contributed by atoms with van der Waals surface area (Å²) in [5.74, 6) is 3.14. The van der Waals surface area contributed by atoms with Gasteiger partial charge in [-0.25, -0.2) is 0 Å². The zero-order chi connectivity index (χ0) is 11.5. The van der Waals surface area contributed by atoms with Gasteiger partial charge in [0, 0.05) is 25.5 Å². The molecule has 0 fully saturated rings. The van der Waals surface area contributed by atoms with E-state index in [-0.39, 0.29) is 0 Å². The molecule has 0 saturated carbocycles. The van der Waals surface area contributed by atoms with Gasteiger partial charge in [0.1, 0.15) is 0 Å². The zero-order valence-electron chi connectivity index (χ0n) is 10.7. The lowest BCUT2D eigenvalue weighted by Crippen LogP contribution is -2.38. The van der Waals surface area contributed by atoms with E-state index < -0.39 is 0 Å². The summed E-state index contributed by atoms with van der Waals surface area (Å²) in [7, 11) is 1.78. The Balaban J connectivity index is 3.84. The fourth-order valence-corrected chi connectivity index (χ4v) is 2.44. The molecule has 0 aliphatic carbocycles. The minimum absolute atomic E-state index is 0.644. The van der Waals surface area contributed by atoms with Crippen LogP contribution in [-0.4, -0.2) is 37.8 Å². The van der Waals surface area contributed by atoms with E-state index in [9.17, 15) is 0 Å². The van der Waals surface area contributed by atoms with Gasteiger partial charge in [0.25, 0.3) is 0 Å². The van der Waals surface area contributed by atoms with Crippen LogP contribution in [0.5, 0.6) is 0 Å². The summed E-state index contributed by atoms with van der Waals surface area (Å²) >= 11 is 2.03. The molecule has 92 valence electrons. The van der Waals surface area contributed by atoms with E-state index in [0.29, 0.717) is 12.0 Å². The number of rotatable bonds is 10. The van der Waals surface area contributed by atoms with Crippen molar-refractivity contribution in [2.75, 3.05) is 31.8 Å². The fourth-order valence-electron chi connectivity index (χ4n) is 1.50. The summed E-state index contributed by atoms with van der Waals surface area (Å²) in [5.41, 5.74) is 0. The maximum atomic E-state index is 5.14. The van der Waals surface area contributed by atoms with E-state index in [1.165, 1.54) is 17.9 Å². The Bertz CT molecular complexity index is 125. The van der Waals surface area contributed by atoms with Crippen LogP contribution in [0.4, 0.5) is 0 Å². The SMILES string of the molecule is CCCNC(CSCC)C(C)CCOC. The third-order valence-electron chi connectivity index (χ3n) is 2.62. The summed E-state index contributed by atoms with van der Waals surface area (Å²) in [5, 5.41) is 3.64. The molecule has 0 heterocycles. The molecular formula is C12H27NOS. The first-order valence-electron chi connectivity index (χ1n) is 6.06. The van der Waals surface area contributed by atoms with Crippen molar-refractivity contribution in [2.45, 2.75) is 39.7 Å². The van der Waals surface area contributed by atoms with Crippen molar-refractivity contribution in [2.24, 2.45) is 5.92 Å². The first kappa shape index (κ1) is 15.3. The van der Waals surface area contributed by atoms with Crippen molar-refractivity contribution in [3.63, 3.8) is 0 Å². The lowest BCUT2D eigenvalue weighted by Gasteiger charge is -2.24. The Morgan fingerprint density at radius 1 is 1.33 bits per heavy atom. The summed E-state index contributed by atoms with van der Waals surface area (Å²) in [6.07, 6.45) is 2.37. The Morgan fingerprint density at radius 2 is 2.07 bits per heavy atom. The van der Waals surface area contributed by atoms with E-state index >= 15 is 0 Å². The van der Waals surface area contributed by atoms with Crippen molar-refractivity contribution < 1.29 is 4.74 Å². The highest BCUT2D eigenvalue weighted by Gasteiger charge is 2.15. The minimum atomic E-state index is 0.644. The Labute approximate surface area is 99.5 Å². The molecule has 0 amide bonds. The maximum absolute atomic E-state index is 5.14. The van der Waals surface area contributed by atoms with Gasteiger partial charge in [-0.15, -0.1) is 0 Å². The van der Waals surface area contributed by atoms with E-state index in [0.717, 1.165) is 19.6 Å². The van der Waals surface area contributed by atoms with E-state index in [1.807, 2.05) is 11.8 Å². The molecule has 0 aromatic rings. The second-order valence-corrected chi connectivity index (χ2v) is 5.30. The second-order valence-electron chi connectivity index (χ2n) is 3.98. The molecule has 2 atom stereocenters. The highest BCUT2D eigenvalue weighted by Crippen LogP contribution is 2.14. The smallest absolute Gasteiger partial charge is 0.0465 e. The Hall–Kier alpha value is 0.270. The lowest BCUT2D eigenvalue weighted by molar-refractivity contribution is 0.172. The maximum Gasteiger partial charge on any atom is 0.0465 e. The van der Waals surface area contributed by atoms with Crippen LogP contribution < -0.4 is 5.32 Å². The highest BCUT2D eigenvalue weighted by molar-refractivity contribution is 7.99. The molecule has 0 saturated heterocycles. The number of ether oxygens (including phenoxy) is 1. The molecule has 3 heteroatoms. The average Bonchev–Trinajstić information content (AvgIpc) is 2.26. The Kier molecular flexibility index (Phi) is 11.0. The van der Waals surface area contributed by atoms with Crippen LogP contribution >= 0.6 is 11.8 Å². The van der Waals surface area contributed by atoms with Gasteiger partial charge in [-0.2, -0.15) is 11.8 Å². The standard InChI is InChI=1S/C12H27NOS/c1-5-8-13-12(10-15-6-2)11(3)7-9-14-4/h11-13H,5-10H2,1-4H3. The third-order valence-corrected chi connectivity index (χ3v) is 3.63. The first-order valence-corrected chi connectivity index (χ1v) is 7.21. The first-order chi connectivity index (χ1) is 7.26. The van der Waals surface area contributed by atoms with Gasteiger partial charge in [0.2, 0.25) is 0 Å². The van der Waals surface area contributed by atoms with Crippen molar-refractivity contribution in [1.82, 2.24) is 5.32 Å². The summed E-state index contributed by atoms with van der Waals surface area (Å²) in [6.45, 7) is 8.77. The van der Waals surface area contributed by atoms with Gasteiger partial charge in [-0.05, 0) is 31.1 Å². The van der Waals surface area contributed by atoms with Gasteiger partial charge in [0.15, 0.2) is 0 Å². The quantitative estimate of drug-likeness (QED) is 0.627. The molecule has 0 aliphatic rings. The van der Waals surface area contributed by atoms with Gasteiger partial charge < -0.3 is 10.1 Å². The van der Waals surface area contributed by atoms with Crippen molar-refractivity contribution in [3.8, 4) is 0 Å². The topological polar surface area (TPSA) is 21.3 Å². The monoisotopic (exact) mass is 233 g/mol. The van der Waals surface area contributed by atoms with Gasteiger partial charge >= 0.3 is 0 Å². The molecule has 1 N–H and O–H groups in total. The van der Waals surface area contributed by atoms with Crippen LogP contribution in [0.2, 0.25) is 0 Å². The summed E-state index contributed by atoms with van der Waals surface area (Å²) < 4.78 is 5.14. The molecule has 0 aliphatic heterocycles. The van der Waals surface area contributed by atoms with Crippen molar-refractivity contribution >= 4 is 11.8 Å². The molecule has 0 bridgehead atoms. The van der Waals surface area contributed by atoms with E-state index in [4.69, 9.17) is 4.74 Å². The largest absolute Gasteiger partial charge is 0.385 e. The normalized spacial score (nSPS) is 15.2. The van der Waals surface area contributed by atoms with Crippen LogP contribution in [0.3, 0.4) is 0 Å². The van der Waals surface area contributed by atoms with Gasteiger partial charge in [-0.1, -0.05) is 20.8 Å². The molecule has 0 aromatic carbocycles. The average molecular weight is 233 g/mol. The lowest BCUT2D eigenvalue weighted by atomic mass is 10.00. The number of hydrogen-bond acceptors (Lipinski definition) is 3. The van der Waals surface area contributed by atoms with E-state index in [2.05, 4.69) is 26.1 Å². The number of thioether (sulfide) groups is 1. The summed E-state index contributed by atoms with van der Waals surface area (Å²) in [6, 6.07) is 0.644. The predicted octanol–water partition coefficient (Wildman–Crippen LogP) is 2.78. The molecule has 0 rings (SSSR count). The number of hydrogen-bond donors (Lipinski definition) is 1. The van der Waals surface area contributed by atoms with Crippen molar-refractivity contribution in [3.05, 3.63) is 0 Å². The predicted molar refractivity (Wildman–Crippen MR) is 70.7 cm³/mol. The highest BCUT2D eigenvalue weighted by atomic mass is 32.2. The molecule has 0 radical (unpaired) electrons. The minimum Gasteiger partial charge on any atom is -0.385 e. The van der Waals surface area contributed by atoms with E-state index in [1.54, 1.807) is 7.11 Å². The molecule has 2 nitrogen and oxygen atoms in total. The van der Waals surface area contributed by atoms with Crippen molar-refractivity contribution in [1.29, 1.82) is 0 Å². The second kappa shape index (κ2) is 10.8. The molecule has 2 unspecified atom stereocenters. The van der Waals surface area contributed by atoms with Crippen LogP contribution in [0.15, 0.2) is 0 Å². The van der Waals surface area contributed by atoms with Crippen LogP contribution in [0.25, 0.3) is 0 Å². The number of nitrogens with one attached hydrogen (secondary N) is 1. The molecule has 0 spiro atoms. The fraction of sp³-hybridized carbons (Fsp3) is 1.00. The van der Waals surface area contributed by atoms with Crippen LogP contribution in [-0.2, 0) is 4.74 Å². The zero-order valence-corrected chi connectivity index (χ0v) is 11.5. The number of methoxy groups -OCH3 is 1. The molecule has 0 aromatic heterocycles. The Morgan fingerprint density at radius 3 is 2.60 bits per heavy atom. The van der Waals surface area contributed by atoms with Gasteiger partial charge in [0.05, 0.1) is 0 Å². The molecule has 15 heavy (non-hydrogen) atoms. The van der Waals surface area contributed by atoms with Crippen LogP contribution in [0, 0.1) is 5.92 Å². The third kappa shape index (κ3) is 8.12. The van der Waals surface area contributed by atoms with Gasteiger partial charge in [-0.3, -0.25) is 0 Å². The summed E-state index contributed by atoms with van der Waals surface area (Å²) in [4.78, 5) is 0.